The number of sulfonamides is 1. The maximum Gasteiger partial charge on any atom is 0.240 e. The Morgan fingerprint density at radius 1 is 0.917 bits per heavy atom. The largest absolute Gasteiger partial charge is 0.483 e. The highest BCUT2D eigenvalue weighted by Gasteiger charge is 2.63. The number of nitrogens with one attached hydrogen (secondary N) is 1. The molecular weight excluding hydrogens is 773 g/mol. The Kier molecular flexibility index (Phi) is 11.7. The number of para-hydroxylation sites is 1. The van der Waals surface area contributed by atoms with Gasteiger partial charge in [0.25, 0.3) is 0 Å². The third kappa shape index (κ3) is 8.32. The average Bonchev–Trinajstić information content (AvgIpc) is 3.82. The second-order valence-electron chi connectivity index (χ2n) is 20.5. The van der Waals surface area contributed by atoms with E-state index in [-0.39, 0.29) is 30.1 Å². The van der Waals surface area contributed by atoms with Crippen molar-refractivity contribution in [3.8, 4) is 5.75 Å². The predicted molar refractivity (Wildman–Crippen MR) is 234 cm³/mol. The number of amides is 2. The zero-order valence-electron chi connectivity index (χ0n) is 36.2. The molecule has 11 heteroatoms. The van der Waals surface area contributed by atoms with E-state index >= 15 is 9.59 Å². The second-order valence-corrected chi connectivity index (χ2v) is 22.7. The summed E-state index contributed by atoms with van der Waals surface area (Å²) < 4.78 is 35.4. The number of aryl methyl sites for hydroxylation is 2. The van der Waals surface area contributed by atoms with E-state index in [0.717, 1.165) is 92.4 Å². The third-order valence-electron chi connectivity index (χ3n) is 16.3. The molecule has 4 heterocycles. The first-order valence-corrected chi connectivity index (χ1v) is 25.3. The highest BCUT2D eigenvalue weighted by molar-refractivity contribution is 7.91. The molecule has 10 nitrogen and oxygen atoms in total. The number of nitrogens with zero attached hydrogens (tertiary/aromatic N) is 3. The van der Waals surface area contributed by atoms with Crippen LogP contribution in [-0.2, 0) is 30.8 Å². The van der Waals surface area contributed by atoms with Gasteiger partial charge in [-0.05, 0) is 115 Å². The van der Waals surface area contributed by atoms with Crippen LogP contribution in [-0.4, -0.2) is 82.9 Å². The fourth-order valence-corrected chi connectivity index (χ4v) is 13.2. The molecule has 5 atom stereocenters. The number of hydrogen-bond donors (Lipinski definition) is 1. The number of ether oxygens (including phenoxy) is 1. The van der Waals surface area contributed by atoms with Gasteiger partial charge in [-0.15, -0.1) is 0 Å². The molecular formula is C49H68N4O6S. The topological polar surface area (TPSA) is 126 Å². The Morgan fingerprint density at radius 3 is 2.30 bits per heavy atom. The van der Waals surface area contributed by atoms with E-state index in [1.54, 1.807) is 6.92 Å². The van der Waals surface area contributed by atoms with Crippen LogP contribution in [0.3, 0.4) is 0 Å². The van der Waals surface area contributed by atoms with E-state index < -0.39 is 37.7 Å². The molecule has 0 bridgehead atoms. The molecule has 5 fully saturated rings. The lowest BCUT2D eigenvalue weighted by atomic mass is 9.85. The molecule has 2 amide bonds. The molecule has 7 aliphatic rings. The van der Waals surface area contributed by atoms with Crippen molar-refractivity contribution in [3.05, 3.63) is 47.7 Å². The predicted octanol–water partition coefficient (Wildman–Crippen LogP) is 8.52. The van der Waals surface area contributed by atoms with Gasteiger partial charge in [-0.2, -0.15) is 0 Å². The lowest BCUT2D eigenvalue weighted by Gasteiger charge is -2.38. The van der Waals surface area contributed by atoms with Crippen LogP contribution in [0.1, 0.15) is 153 Å². The summed E-state index contributed by atoms with van der Waals surface area (Å²) in [5, 5.41) is 1.07. The van der Waals surface area contributed by atoms with Crippen molar-refractivity contribution in [1.29, 1.82) is 0 Å². The Labute approximate surface area is 358 Å². The van der Waals surface area contributed by atoms with Crippen LogP contribution in [0.4, 0.5) is 0 Å². The summed E-state index contributed by atoms with van der Waals surface area (Å²) in [6.07, 6.45) is 24.2. The van der Waals surface area contributed by atoms with Gasteiger partial charge in [0.2, 0.25) is 21.8 Å². The maximum absolute atomic E-state index is 15.7. The summed E-state index contributed by atoms with van der Waals surface area (Å²) in [7, 11) is -3.90. The SMILES string of the molecule is Cc1nc2ccccc2c2c1O[C@]1(CC2)C[C@H]2C(=O)C[C@]3(C(=O)NS(=O)(=O)C4(C)CC4)C[C@H]3/C=C\CCCCC[C@H](N(CCC3CCCC3)CCC3CCCC3)C(=O)N2C1. The number of hydrogen-bond acceptors (Lipinski definition) is 8. The molecule has 1 spiro atoms. The number of Topliss-reactive ketones (excluding diaryl/α,β-unsaturated/α-hetero) is 1. The molecule has 2 aromatic rings. The van der Waals surface area contributed by atoms with Crippen molar-refractivity contribution in [2.24, 2.45) is 23.2 Å². The van der Waals surface area contributed by atoms with Gasteiger partial charge < -0.3 is 9.64 Å². The summed E-state index contributed by atoms with van der Waals surface area (Å²) in [4.78, 5) is 54.4. The molecule has 1 N–H and O–H groups in total. The van der Waals surface area contributed by atoms with Gasteiger partial charge in [-0.25, -0.2) is 13.4 Å². The number of allylic oxidation sites excluding steroid dienone is 2. The minimum Gasteiger partial charge on any atom is -0.483 e. The number of carbonyl (C=O) groups excluding carboxylic acids is 3. The number of pyridine rings is 1. The monoisotopic (exact) mass is 840 g/mol. The Balaban J connectivity index is 1.06. The Bertz CT molecular complexity index is 2080. The quantitative estimate of drug-likeness (QED) is 0.236. The first kappa shape index (κ1) is 42.0. The highest BCUT2D eigenvalue weighted by atomic mass is 32.2. The van der Waals surface area contributed by atoms with Gasteiger partial charge >= 0.3 is 0 Å². The number of carbonyl (C=O) groups is 3. The number of aromatic nitrogens is 1. The number of rotatable bonds is 10. The van der Waals surface area contributed by atoms with Crippen LogP contribution >= 0.6 is 0 Å². The van der Waals surface area contributed by atoms with Crippen molar-refractivity contribution in [2.75, 3.05) is 19.6 Å². The molecule has 326 valence electrons. The normalized spacial score (nSPS) is 31.6. The van der Waals surface area contributed by atoms with Gasteiger partial charge in [0.1, 0.15) is 11.4 Å². The highest BCUT2D eigenvalue weighted by Crippen LogP contribution is 2.58. The molecule has 4 aliphatic carbocycles. The van der Waals surface area contributed by atoms with Gasteiger partial charge in [-0.3, -0.25) is 24.0 Å². The van der Waals surface area contributed by atoms with Crippen molar-refractivity contribution in [2.45, 2.75) is 178 Å². The van der Waals surface area contributed by atoms with Crippen molar-refractivity contribution < 1.29 is 27.5 Å². The van der Waals surface area contributed by atoms with Gasteiger partial charge in [0.05, 0.1) is 40.0 Å². The smallest absolute Gasteiger partial charge is 0.240 e. The molecule has 0 unspecified atom stereocenters. The van der Waals surface area contributed by atoms with Crippen LogP contribution < -0.4 is 9.46 Å². The number of fused-ring (bicyclic) bond motifs is 5. The first-order valence-electron chi connectivity index (χ1n) is 23.8. The molecule has 4 saturated carbocycles. The van der Waals surface area contributed by atoms with E-state index in [1.807, 2.05) is 30.0 Å². The fourth-order valence-electron chi connectivity index (χ4n) is 11.9. The zero-order valence-corrected chi connectivity index (χ0v) is 37.0. The summed E-state index contributed by atoms with van der Waals surface area (Å²) in [5.41, 5.74) is 0.924. The van der Waals surface area contributed by atoms with Crippen LogP contribution in [0.15, 0.2) is 36.4 Å². The minimum absolute atomic E-state index is 0.0221. The minimum atomic E-state index is -3.90. The van der Waals surface area contributed by atoms with E-state index in [1.165, 1.54) is 51.4 Å². The van der Waals surface area contributed by atoms with Crippen LogP contribution in [0.25, 0.3) is 10.9 Å². The lowest BCUT2D eigenvalue weighted by Crippen LogP contribution is -2.53. The fraction of sp³-hybridized carbons (Fsp3) is 0.714. The molecule has 0 radical (unpaired) electrons. The van der Waals surface area contributed by atoms with E-state index in [4.69, 9.17) is 9.72 Å². The third-order valence-corrected chi connectivity index (χ3v) is 18.4. The molecule has 1 aromatic carbocycles. The summed E-state index contributed by atoms with van der Waals surface area (Å²) >= 11 is 0. The lowest BCUT2D eigenvalue weighted by molar-refractivity contribution is -0.143. The molecule has 1 aromatic heterocycles. The maximum atomic E-state index is 15.7. The molecule has 60 heavy (non-hydrogen) atoms. The van der Waals surface area contributed by atoms with Crippen LogP contribution in [0, 0.1) is 30.1 Å². The Morgan fingerprint density at radius 2 is 1.60 bits per heavy atom. The zero-order chi connectivity index (χ0) is 41.7. The molecule has 9 rings (SSSR count). The van der Waals surface area contributed by atoms with Crippen LogP contribution in [0.5, 0.6) is 5.75 Å². The van der Waals surface area contributed by atoms with Gasteiger partial charge in [-0.1, -0.05) is 94.6 Å². The van der Waals surface area contributed by atoms with Crippen molar-refractivity contribution in [1.82, 2.24) is 19.5 Å². The van der Waals surface area contributed by atoms with E-state index in [2.05, 4.69) is 27.8 Å². The van der Waals surface area contributed by atoms with E-state index in [9.17, 15) is 13.2 Å². The summed E-state index contributed by atoms with van der Waals surface area (Å²) in [6, 6.07) is 7.05. The van der Waals surface area contributed by atoms with Crippen LogP contribution in [0.2, 0.25) is 0 Å². The van der Waals surface area contributed by atoms with E-state index in [0.29, 0.717) is 50.5 Å². The summed E-state index contributed by atoms with van der Waals surface area (Å²) in [5.74, 6) is 1.22. The second kappa shape index (κ2) is 16.8. The average molecular weight is 841 g/mol. The first-order chi connectivity index (χ1) is 28.9. The summed E-state index contributed by atoms with van der Waals surface area (Å²) in [6.45, 7) is 5.76. The molecule has 3 aliphatic heterocycles. The van der Waals surface area contributed by atoms with Gasteiger partial charge in [0.15, 0.2) is 5.78 Å². The number of benzene rings is 1. The standard InChI is InChI=1S/C49H68N4O6S/c1-34-44-39(38-19-12-13-20-40(38)50-34)22-25-48(59-44)31-42-43(54)32-49(46(56)51-60(57,58)47(2)26-27-47)30-37(49)18-6-4-3-5-7-21-41(45(55)53(42)33-48)52(28-23-35-14-8-9-15-35)29-24-36-16-10-11-17-36/h6,12-13,18-20,35-37,41-42H,3-5,7-11,14-17,21-33H2,1-2H3,(H,51,56)/b18-6-/t37-,41+,42+,48-,49-/m1/s1. The number of ketones is 1. The van der Waals surface area contributed by atoms with Gasteiger partial charge in [0, 0.05) is 23.8 Å². The van der Waals surface area contributed by atoms with Crippen molar-refractivity contribution >= 4 is 38.5 Å². The molecule has 1 saturated heterocycles. The van der Waals surface area contributed by atoms with Crippen molar-refractivity contribution in [3.63, 3.8) is 0 Å². The Hall–Kier alpha value is -3.31.